The van der Waals surface area contributed by atoms with Crippen LogP contribution in [0.2, 0.25) is 0 Å². The van der Waals surface area contributed by atoms with Gasteiger partial charge in [0.1, 0.15) is 11.2 Å². The Kier molecular flexibility index (Phi) is 5.17. The van der Waals surface area contributed by atoms with Crippen molar-refractivity contribution in [2.45, 2.75) is 0 Å². The minimum atomic E-state index is 0.897. The van der Waals surface area contributed by atoms with Gasteiger partial charge in [0.15, 0.2) is 0 Å². The molecular formula is C38H25NO. The number of hydrogen-bond donors (Lipinski definition) is 1. The Hall–Kier alpha value is -5.34. The SMILES string of the molecule is c1ccc2cc(-c3c(Nc4ccc(-c5cccc6ccccc56)cc4)ccc4c3oc3ccccc34)ccc2c1. The minimum absolute atomic E-state index is 0.897. The van der Waals surface area contributed by atoms with Crippen LogP contribution in [0.5, 0.6) is 0 Å². The molecule has 0 radical (unpaired) electrons. The lowest BCUT2D eigenvalue weighted by molar-refractivity contribution is 0.670. The third-order valence-electron chi connectivity index (χ3n) is 7.85. The Bertz CT molecular complexity index is 2180. The van der Waals surface area contributed by atoms with E-state index in [1.807, 2.05) is 12.1 Å². The van der Waals surface area contributed by atoms with Gasteiger partial charge in [-0.25, -0.2) is 0 Å². The zero-order chi connectivity index (χ0) is 26.5. The van der Waals surface area contributed by atoms with E-state index in [1.165, 1.54) is 32.7 Å². The van der Waals surface area contributed by atoms with Gasteiger partial charge in [-0.05, 0) is 74.6 Å². The third-order valence-corrected chi connectivity index (χ3v) is 7.85. The molecule has 0 aliphatic carbocycles. The number of anilines is 2. The van der Waals surface area contributed by atoms with Crippen molar-refractivity contribution in [2.24, 2.45) is 0 Å². The van der Waals surface area contributed by atoms with Crippen molar-refractivity contribution in [2.75, 3.05) is 5.32 Å². The first-order valence-corrected chi connectivity index (χ1v) is 13.6. The molecule has 0 saturated carbocycles. The molecule has 188 valence electrons. The summed E-state index contributed by atoms with van der Waals surface area (Å²) in [5.41, 5.74) is 8.47. The number of benzene rings is 7. The lowest BCUT2D eigenvalue weighted by Gasteiger charge is -2.15. The first-order valence-electron chi connectivity index (χ1n) is 13.6. The fraction of sp³-hybridized carbons (Fsp3) is 0. The van der Waals surface area contributed by atoms with Gasteiger partial charge < -0.3 is 9.73 Å². The second kappa shape index (κ2) is 9.14. The molecule has 0 aliphatic heterocycles. The molecule has 0 unspecified atom stereocenters. The van der Waals surface area contributed by atoms with Gasteiger partial charge in [-0.2, -0.15) is 0 Å². The molecule has 0 bridgehead atoms. The van der Waals surface area contributed by atoms with Crippen LogP contribution in [0, 0.1) is 0 Å². The van der Waals surface area contributed by atoms with Gasteiger partial charge in [-0.1, -0.05) is 109 Å². The largest absolute Gasteiger partial charge is 0.455 e. The van der Waals surface area contributed by atoms with Gasteiger partial charge in [0.2, 0.25) is 0 Å². The highest BCUT2D eigenvalue weighted by Crippen LogP contribution is 2.42. The summed E-state index contributed by atoms with van der Waals surface area (Å²) in [5, 5.41) is 10.9. The van der Waals surface area contributed by atoms with Gasteiger partial charge in [-0.15, -0.1) is 0 Å². The molecule has 8 rings (SSSR count). The standard InChI is InChI=1S/C38H25NO/c1-2-10-28-24-29(17-16-25(28)8-1)37-35(23-22-34-33-13-5-6-15-36(33)40-38(34)37)39-30-20-18-27(19-21-30)32-14-7-11-26-9-3-4-12-31(26)32/h1-24,39H. The van der Waals surface area contributed by atoms with Crippen molar-refractivity contribution in [3.05, 3.63) is 146 Å². The van der Waals surface area contributed by atoms with Crippen LogP contribution < -0.4 is 5.32 Å². The molecule has 1 aromatic heterocycles. The Morgan fingerprint density at radius 1 is 0.450 bits per heavy atom. The number of nitrogens with one attached hydrogen (secondary N) is 1. The van der Waals surface area contributed by atoms with Crippen molar-refractivity contribution in [3.63, 3.8) is 0 Å². The quantitative estimate of drug-likeness (QED) is 0.254. The minimum Gasteiger partial charge on any atom is -0.455 e. The third kappa shape index (κ3) is 3.73. The fourth-order valence-corrected chi connectivity index (χ4v) is 5.89. The summed E-state index contributed by atoms with van der Waals surface area (Å²) in [4.78, 5) is 0. The average Bonchev–Trinajstić information content (AvgIpc) is 3.39. The molecule has 2 nitrogen and oxygen atoms in total. The van der Waals surface area contributed by atoms with Crippen molar-refractivity contribution < 1.29 is 4.42 Å². The maximum Gasteiger partial charge on any atom is 0.145 e. The summed E-state index contributed by atoms with van der Waals surface area (Å²) in [7, 11) is 0. The molecule has 8 aromatic rings. The van der Waals surface area contributed by atoms with E-state index in [4.69, 9.17) is 4.42 Å². The Morgan fingerprint density at radius 3 is 2.02 bits per heavy atom. The predicted octanol–water partition coefficient (Wildman–Crippen LogP) is 11.0. The van der Waals surface area contributed by atoms with Crippen LogP contribution in [0.25, 0.3) is 65.7 Å². The normalized spacial score (nSPS) is 11.5. The van der Waals surface area contributed by atoms with E-state index >= 15 is 0 Å². The summed E-state index contributed by atoms with van der Waals surface area (Å²) in [6.07, 6.45) is 0. The highest BCUT2D eigenvalue weighted by atomic mass is 16.3. The Balaban J connectivity index is 1.25. The monoisotopic (exact) mass is 511 g/mol. The van der Waals surface area contributed by atoms with E-state index in [-0.39, 0.29) is 0 Å². The molecule has 0 fully saturated rings. The molecule has 1 heterocycles. The van der Waals surface area contributed by atoms with Gasteiger partial charge in [-0.3, -0.25) is 0 Å². The second-order valence-electron chi connectivity index (χ2n) is 10.3. The molecule has 7 aromatic carbocycles. The van der Waals surface area contributed by atoms with E-state index in [0.717, 1.165) is 44.4 Å². The zero-order valence-electron chi connectivity index (χ0n) is 21.8. The first kappa shape index (κ1) is 22.6. The van der Waals surface area contributed by atoms with Crippen molar-refractivity contribution in [1.29, 1.82) is 0 Å². The van der Waals surface area contributed by atoms with Crippen LogP contribution in [0.4, 0.5) is 11.4 Å². The van der Waals surface area contributed by atoms with Crippen LogP contribution in [0.3, 0.4) is 0 Å². The molecule has 40 heavy (non-hydrogen) atoms. The Labute approximate surface area is 232 Å². The molecule has 0 aliphatic rings. The van der Waals surface area contributed by atoms with Crippen LogP contribution in [-0.4, -0.2) is 0 Å². The smallest absolute Gasteiger partial charge is 0.145 e. The average molecular weight is 512 g/mol. The van der Waals surface area contributed by atoms with Crippen LogP contribution >= 0.6 is 0 Å². The number of rotatable bonds is 4. The molecule has 0 saturated heterocycles. The number of furan rings is 1. The summed E-state index contributed by atoms with van der Waals surface area (Å²) >= 11 is 0. The fourth-order valence-electron chi connectivity index (χ4n) is 5.89. The zero-order valence-corrected chi connectivity index (χ0v) is 21.8. The Morgan fingerprint density at radius 2 is 1.15 bits per heavy atom. The van der Waals surface area contributed by atoms with E-state index < -0.39 is 0 Å². The number of hydrogen-bond acceptors (Lipinski definition) is 2. The molecule has 0 amide bonds. The number of para-hydroxylation sites is 1. The summed E-state index contributed by atoms with van der Waals surface area (Å²) in [6.45, 7) is 0. The van der Waals surface area contributed by atoms with Gasteiger partial charge in [0.25, 0.3) is 0 Å². The first-order chi connectivity index (χ1) is 19.8. The van der Waals surface area contributed by atoms with E-state index in [0.29, 0.717) is 0 Å². The molecule has 0 atom stereocenters. The van der Waals surface area contributed by atoms with Crippen LogP contribution in [0.15, 0.2) is 150 Å². The van der Waals surface area contributed by atoms with Crippen molar-refractivity contribution in [1.82, 2.24) is 0 Å². The maximum atomic E-state index is 6.51. The molecular weight excluding hydrogens is 486 g/mol. The van der Waals surface area contributed by atoms with Gasteiger partial charge in [0.05, 0.1) is 5.69 Å². The van der Waals surface area contributed by atoms with Gasteiger partial charge >= 0.3 is 0 Å². The lowest BCUT2D eigenvalue weighted by atomic mass is 9.97. The van der Waals surface area contributed by atoms with E-state index in [2.05, 4.69) is 139 Å². The van der Waals surface area contributed by atoms with Crippen LogP contribution in [-0.2, 0) is 0 Å². The highest BCUT2D eigenvalue weighted by molar-refractivity contribution is 6.13. The summed E-state index contributed by atoms with van der Waals surface area (Å²) in [5.74, 6) is 0. The summed E-state index contributed by atoms with van der Waals surface area (Å²) in [6, 6.07) is 51.4. The predicted molar refractivity (Wildman–Crippen MR) is 169 cm³/mol. The lowest BCUT2D eigenvalue weighted by Crippen LogP contribution is -1.94. The van der Waals surface area contributed by atoms with Gasteiger partial charge in [0, 0.05) is 22.0 Å². The topological polar surface area (TPSA) is 25.2 Å². The molecule has 0 spiro atoms. The van der Waals surface area contributed by atoms with E-state index in [1.54, 1.807) is 0 Å². The highest BCUT2D eigenvalue weighted by Gasteiger charge is 2.17. The second-order valence-corrected chi connectivity index (χ2v) is 10.3. The van der Waals surface area contributed by atoms with Crippen LogP contribution in [0.1, 0.15) is 0 Å². The molecule has 1 N–H and O–H groups in total. The van der Waals surface area contributed by atoms with E-state index in [9.17, 15) is 0 Å². The van der Waals surface area contributed by atoms with Crippen molar-refractivity contribution >= 4 is 54.9 Å². The molecule has 2 heteroatoms. The maximum absolute atomic E-state index is 6.51. The summed E-state index contributed by atoms with van der Waals surface area (Å²) < 4.78 is 6.51. The van der Waals surface area contributed by atoms with Crippen molar-refractivity contribution in [3.8, 4) is 22.3 Å². The number of fused-ring (bicyclic) bond motifs is 5.